The summed E-state index contributed by atoms with van der Waals surface area (Å²) in [5.74, 6) is -0.0612. The first kappa shape index (κ1) is 15.2. The van der Waals surface area contributed by atoms with E-state index in [4.69, 9.17) is 4.74 Å². The van der Waals surface area contributed by atoms with E-state index in [0.717, 1.165) is 18.5 Å². The normalized spacial score (nSPS) is 22.6. The second kappa shape index (κ2) is 6.62. The number of nitrogens with zero attached hydrogens (tertiary/aromatic N) is 2. The van der Waals surface area contributed by atoms with Gasteiger partial charge in [-0.2, -0.15) is 5.10 Å². The maximum absolute atomic E-state index is 12.6. The van der Waals surface area contributed by atoms with Crippen LogP contribution >= 0.6 is 11.3 Å². The summed E-state index contributed by atoms with van der Waals surface area (Å²) in [6.07, 6.45) is 3.17. The molecule has 118 valence electrons. The number of aromatic nitrogens is 2. The van der Waals surface area contributed by atoms with Crippen LogP contribution in [0, 0.1) is 5.92 Å². The van der Waals surface area contributed by atoms with Gasteiger partial charge >= 0.3 is 0 Å². The van der Waals surface area contributed by atoms with E-state index >= 15 is 0 Å². The Balaban J connectivity index is 1.62. The topological polar surface area (TPSA) is 56.1 Å². The van der Waals surface area contributed by atoms with Gasteiger partial charge in [-0.3, -0.25) is 9.48 Å². The molecule has 0 saturated carbocycles. The molecule has 3 heterocycles. The molecule has 3 atom stereocenters. The minimum atomic E-state index is -0.193. The summed E-state index contributed by atoms with van der Waals surface area (Å²) < 4.78 is 7.56. The Morgan fingerprint density at radius 3 is 3.14 bits per heavy atom. The number of hydrogen-bond acceptors (Lipinski definition) is 4. The second-order valence-corrected chi connectivity index (χ2v) is 6.79. The molecule has 1 amide bonds. The van der Waals surface area contributed by atoms with Crippen LogP contribution in [-0.4, -0.2) is 28.3 Å². The number of ether oxygens (including phenoxy) is 1. The summed E-state index contributed by atoms with van der Waals surface area (Å²) in [7, 11) is 1.88. The van der Waals surface area contributed by atoms with Gasteiger partial charge in [0.05, 0.1) is 11.6 Å². The van der Waals surface area contributed by atoms with E-state index in [-0.39, 0.29) is 24.0 Å². The van der Waals surface area contributed by atoms with E-state index in [1.165, 1.54) is 4.88 Å². The van der Waals surface area contributed by atoms with Crippen molar-refractivity contribution in [3.63, 3.8) is 0 Å². The van der Waals surface area contributed by atoms with Gasteiger partial charge in [0.15, 0.2) is 0 Å². The molecule has 0 radical (unpaired) electrons. The molecule has 1 fully saturated rings. The average molecular weight is 319 g/mol. The largest absolute Gasteiger partial charge is 0.371 e. The van der Waals surface area contributed by atoms with Gasteiger partial charge in [-0.05, 0) is 30.9 Å². The van der Waals surface area contributed by atoms with E-state index in [1.807, 2.05) is 26.1 Å². The minimum Gasteiger partial charge on any atom is -0.371 e. The van der Waals surface area contributed by atoms with Gasteiger partial charge in [-0.25, -0.2) is 0 Å². The van der Waals surface area contributed by atoms with E-state index in [2.05, 4.69) is 21.9 Å². The van der Waals surface area contributed by atoms with Crippen molar-refractivity contribution in [2.75, 3.05) is 6.61 Å². The lowest BCUT2D eigenvalue weighted by molar-refractivity contribution is -0.127. The molecule has 0 bridgehead atoms. The Morgan fingerprint density at radius 2 is 2.45 bits per heavy atom. The van der Waals surface area contributed by atoms with Crippen molar-refractivity contribution in [2.45, 2.75) is 31.9 Å². The second-order valence-electron chi connectivity index (χ2n) is 5.76. The molecule has 6 heteroatoms. The summed E-state index contributed by atoms with van der Waals surface area (Å²) in [6, 6.07) is 6.19. The number of hydrogen-bond donors (Lipinski definition) is 1. The zero-order chi connectivity index (χ0) is 15.5. The van der Waals surface area contributed by atoms with Crippen molar-refractivity contribution >= 4 is 17.2 Å². The first-order chi connectivity index (χ1) is 10.6. The third-order valence-corrected chi connectivity index (χ3v) is 4.95. The van der Waals surface area contributed by atoms with Gasteiger partial charge in [0.1, 0.15) is 6.10 Å². The fourth-order valence-corrected chi connectivity index (χ4v) is 3.78. The maximum Gasteiger partial charge on any atom is 0.226 e. The number of nitrogens with one attached hydrogen (secondary N) is 1. The summed E-state index contributed by atoms with van der Waals surface area (Å²) in [6.45, 7) is 2.67. The van der Waals surface area contributed by atoms with Crippen LogP contribution in [0.3, 0.4) is 0 Å². The fraction of sp³-hybridized carbons (Fsp3) is 0.500. The first-order valence-electron chi connectivity index (χ1n) is 7.57. The zero-order valence-electron chi connectivity index (χ0n) is 12.9. The van der Waals surface area contributed by atoms with E-state index in [1.54, 1.807) is 22.2 Å². The fourth-order valence-electron chi connectivity index (χ4n) is 2.94. The van der Waals surface area contributed by atoms with Crippen LogP contribution in [0.15, 0.2) is 29.8 Å². The molecular formula is C16H21N3O2S. The third kappa shape index (κ3) is 3.23. The molecule has 22 heavy (non-hydrogen) atoms. The monoisotopic (exact) mass is 319 g/mol. The van der Waals surface area contributed by atoms with Gasteiger partial charge in [-0.1, -0.05) is 6.07 Å². The van der Waals surface area contributed by atoms with Gasteiger partial charge < -0.3 is 10.1 Å². The molecule has 2 aromatic rings. The Hall–Kier alpha value is -1.66. The molecule has 1 N–H and O–H groups in total. The third-order valence-electron chi connectivity index (χ3n) is 4.05. The lowest BCUT2D eigenvalue weighted by Crippen LogP contribution is -2.39. The molecule has 5 nitrogen and oxygen atoms in total. The summed E-state index contributed by atoms with van der Waals surface area (Å²) in [5.41, 5.74) is 0.962. The Bertz CT molecular complexity index is 623. The SMILES string of the molecule is C[C@H](Cc1cccs1)NC(=O)[C@@H]1CCO[C@H]1c1ccnn1C. The summed E-state index contributed by atoms with van der Waals surface area (Å²) >= 11 is 1.72. The molecule has 0 spiro atoms. The molecular weight excluding hydrogens is 298 g/mol. The van der Waals surface area contributed by atoms with Gasteiger partial charge in [-0.15, -0.1) is 11.3 Å². The van der Waals surface area contributed by atoms with Gasteiger partial charge in [0.25, 0.3) is 0 Å². The molecule has 1 aliphatic rings. The molecule has 1 saturated heterocycles. The lowest BCUT2D eigenvalue weighted by atomic mass is 9.97. The van der Waals surface area contributed by atoms with Crippen molar-refractivity contribution in [1.82, 2.24) is 15.1 Å². The number of rotatable bonds is 5. The number of carbonyl (C=O) groups is 1. The predicted molar refractivity (Wildman–Crippen MR) is 85.6 cm³/mol. The van der Waals surface area contributed by atoms with Crippen LogP contribution in [0.5, 0.6) is 0 Å². The molecule has 0 aromatic carbocycles. The predicted octanol–water partition coefficient (Wildman–Crippen LogP) is 2.31. The number of carbonyl (C=O) groups excluding carboxylic acids is 1. The van der Waals surface area contributed by atoms with E-state index in [0.29, 0.717) is 6.61 Å². The minimum absolute atomic E-state index is 0.0766. The molecule has 1 aliphatic heterocycles. The smallest absolute Gasteiger partial charge is 0.226 e. The van der Waals surface area contributed by atoms with Crippen LogP contribution in [-0.2, 0) is 23.0 Å². The Kier molecular flexibility index (Phi) is 4.59. The number of thiophene rings is 1. The van der Waals surface area contributed by atoms with Crippen molar-refractivity contribution in [2.24, 2.45) is 13.0 Å². The summed E-state index contributed by atoms with van der Waals surface area (Å²) in [5, 5.41) is 9.36. The van der Waals surface area contributed by atoms with Crippen LogP contribution in [0.1, 0.15) is 30.0 Å². The van der Waals surface area contributed by atoms with Gasteiger partial charge in [0.2, 0.25) is 5.91 Å². The zero-order valence-corrected chi connectivity index (χ0v) is 13.7. The maximum atomic E-state index is 12.6. The lowest BCUT2D eigenvalue weighted by Gasteiger charge is -2.21. The molecule has 3 rings (SSSR count). The number of amides is 1. The quantitative estimate of drug-likeness (QED) is 0.920. The standard InChI is InChI=1S/C16H21N3O2S/c1-11(10-12-4-3-9-22-12)18-16(20)13-6-8-21-15(13)14-5-7-17-19(14)2/h3-5,7,9,11,13,15H,6,8,10H2,1-2H3,(H,18,20)/t11-,13-,15-/m1/s1. The van der Waals surface area contributed by atoms with Crippen molar-refractivity contribution in [3.8, 4) is 0 Å². The molecule has 2 aromatic heterocycles. The van der Waals surface area contributed by atoms with Crippen LogP contribution in [0.2, 0.25) is 0 Å². The van der Waals surface area contributed by atoms with Crippen molar-refractivity contribution in [1.29, 1.82) is 0 Å². The number of aryl methyl sites for hydroxylation is 1. The van der Waals surface area contributed by atoms with Crippen molar-refractivity contribution in [3.05, 3.63) is 40.3 Å². The highest BCUT2D eigenvalue weighted by atomic mass is 32.1. The van der Waals surface area contributed by atoms with Crippen LogP contribution in [0.25, 0.3) is 0 Å². The summed E-state index contributed by atoms with van der Waals surface area (Å²) in [4.78, 5) is 13.9. The highest BCUT2D eigenvalue weighted by Gasteiger charge is 2.37. The van der Waals surface area contributed by atoms with Crippen LogP contribution < -0.4 is 5.32 Å². The molecule has 0 aliphatic carbocycles. The Labute approximate surface area is 134 Å². The van der Waals surface area contributed by atoms with E-state index in [9.17, 15) is 4.79 Å². The van der Waals surface area contributed by atoms with Gasteiger partial charge in [0, 0.05) is 37.2 Å². The Morgan fingerprint density at radius 1 is 1.59 bits per heavy atom. The van der Waals surface area contributed by atoms with Crippen LogP contribution in [0.4, 0.5) is 0 Å². The molecule has 0 unspecified atom stereocenters. The van der Waals surface area contributed by atoms with Crippen molar-refractivity contribution < 1.29 is 9.53 Å². The highest BCUT2D eigenvalue weighted by molar-refractivity contribution is 7.09. The first-order valence-corrected chi connectivity index (χ1v) is 8.45. The highest BCUT2D eigenvalue weighted by Crippen LogP contribution is 2.34. The average Bonchev–Trinajstić information content (AvgIpc) is 3.18. The van der Waals surface area contributed by atoms with E-state index < -0.39 is 0 Å².